The number of benzene rings is 1. The van der Waals surface area contributed by atoms with Crippen LogP contribution in [0.4, 0.5) is 0 Å². The number of nitrogens with zero attached hydrogens (tertiary/aromatic N) is 1. The number of aryl methyl sites for hydroxylation is 1. The molecule has 1 N–H and O–H groups in total. The van der Waals surface area contributed by atoms with Crippen molar-refractivity contribution in [1.82, 2.24) is 9.55 Å². The van der Waals surface area contributed by atoms with Crippen molar-refractivity contribution in [3.63, 3.8) is 0 Å². The maximum absolute atomic E-state index is 11.9. The van der Waals surface area contributed by atoms with Crippen molar-refractivity contribution in [3.8, 4) is 0 Å². The number of nitrogens with one attached hydrogen (secondary N) is 1. The number of carbonyl (C=O) groups is 1. The Morgan fingerprint density at radius 1 is 1.20 bits per heavy atom. The molecule has 0 saturated heterocycles. The minimum absolute atomic E-state index is 0.0436. The van der Waals surface area contributed by atoms with Crippen molar-refractivity contribution in [2.24, 2.45) is 0 Å². The van der Waals surface area contributed by atoms with Gasteiger partial charge in [0.25, 0.3) is 5.56 Å². The highest BCUT2D eigenvalue weighted by atomic mass is 79.9. The summed E-state index contributed by atoms with van der Waals surface area (Å²) in [5, 5.41) is 0. The van der Waals surface area contributed by atoms with E-state index in [0.29, 0.717) is 29.4 Å². The topological polar surface area (TPSA) is 71.9 Å². The molecule has 6 heteroatoms. The summed E-state index contributed by atoms with van der Waals surface area (Å²) in [7, 11) is 0. The van der Waals surface area contributed by atoms with Crippen LogP contribution >= 0.6 is 15.9 Å². The Kier molecular flexibility index (Phi) is 4.68. The number of carbonyl (C=O) groups excluding carboxylic acids is 1. The van der Waals surface area contributed by atoms with Gasteiger partial charge in [-0.05, 0) is 22.4 Å². The number of hydrogen-bond donors (Lipinski definition) is 1. The number of halogens is 1. The van der Waals surface area contributed by atoms with Crippen LogP contribution in [0.2, 0.25) is 0 Å². The van der Waals surface area contributed by atoms with E-state index in [4.69, 9.17) is 0 Å². The van der Waals surface area contributed by atoms with E-state index in [9.17, 15) is 14.4 Å². The molecule has 104 valence electrons. The molecule has 1 heterocycles. The number of aromatic amines is 1. The fourth-order valence-corrected chi connectivity index (χ4v) is 2.17. The molecule has 0 aliphatic rings. The third kappa shape index (κ3) is 3.54. The lowest BCUT2D eigenvalue weighted by atomic mass is 10.1. The average molecular weight is 337 g/mol. The van der Waals surface area contributed by atoms with Gasteiger partial charge in [0.15, 0.2) is 5.78 Å². The van der Waals surface area contributed by atoms with Crippen LogP contribution in [0.5, 0.6) is 0 Å². The van der Waals surface area contributed by atoms with E-state index in [1.165, 1.54) is 10.8 Å². The molecule has 0 saturated carbocycles. The van der Waals surface area contributed by atoms with Gasteiger partial charge < -0.3 is 0 Å². The normalized spacial score (nSPS) is 10.4. The second-order valence-corrected chi connectivity index (χ2v) is 5.18. The van der Waals surface area contributed by atoms with Crippen molar-refractivity contribution >= 4 is 21.7 Å². The molecule has 0 aliphatic carbocycles. The fraction of sp³-hybridized carbons (Fsp3) is 0.214. The lowest BCUT2D eigenvalue weighted by Crippen LogP contribution is -2.30. The number of rotatable bonds is 5. The zero-order valence-corrected chi connectivity index (χ0v) is 12.2. The molecule has 0 spiro atoms. The standard InChI is InChI=1S/C14H13BrN2O3/c15-11-9-17(14(20)16-13(11)19)8-4-7-12(18)10-5-2-1-3-6-10/h1-3,5-6,9H,4,7-8H2,(H,16,19,20). The van der Waals surface area contributed by atoms with Crippen LogP contribution in [0.15, 0.2) is 50.6 Å². The van der Waals surface area contributed by atoms with E-state index < -0.39 is 11.2 Å². The minimum atomic E-state index is -0.467. The van der Waals surface area contributed by atoms with Gasteiger partial charge in [0.05, 0.1) is 4.47 Å². The largest absolute Gasteiger partial charge is 0.328 e. The SMILES string of the molecule is O=C(CCCn1cc(Br)c(=O)[nH]c1=O)c1ccccc1. The van der Waals surface area contributed by atoms with Gasteiger partial charge >= 0.3 is 5.69 Å². The van der Waals surface area contributed by atoms with Crippen molar-refractivity contribution in [2.45, 2.75) is 19.4 Å². The van der Waals surface area contributed by atoms with Crippen LogP contribution < -0.4 is 11.2 Å². The predicted octanol–water partition coefficient (Wildman–Crippen LogP) is 1.96. The lowest BCUT2D eigenvalue weighted by Gasteiger charge is -2.05. The van der Waals surface area contributed by atoms with E-state index in [-0.39, 0.29) is 5.78 Å². The second-order valence-electron chi connectivity index (χ2n) is 4.32. The molecule has 2 aromatic rings. The predicted molar refractivity (Wildman–Crippen MR) is 79.0 cm³/mol. The smallest absolute Gasteiger partial charge is 0.299 e. The quantitative estimate of drug-likeness (QED) is 0.848. The maximum Gasteiger partial charge on any atom is 0.328 e. The summed E-state index contributed by atoms with van der Waals surface area (Å²) >= 11 is 3.07. The molecule has 1 aromatic heterocycles. The van der Waals surface area contributed by atoms with E-state index >= 15 is 0 Å². The highest BCUT2D eigenvalue weighted by Crippen LogP contribution is 2.06. The van der Waals surface area contributed by atoms with Crippen LogP contribution in [-0.2, 0) is 6.54 Å². The van der Waals surface area contributed by atoms with Crippen molar-refractivity contribution in [1.29, 1.82) is 0 Å². The molecule has 0 bridgehead atoms. The maximum atomic E-state index is 11.9. The summed E-state index contributed by atoms with van der Waals surface area (Å²) in [6, 6.07) is 9.03. The number of hydrogen-bond acceptors (Lipinski definition) is 3. The van der Waals surface area contributed by atoms with Gasteiger partial charge in [-0.1, -0.05) is 30.3 Å². The van der Waals surface area contributed by atoms with E-state index in [0.717, 1.165) is 0 Å². The molecular weight excluding hydrogens is 324 g/mol. The molecule has 0 fully saturated rings. The molecule has 2 rings (SSSR count). The fourth-order valence-electron chi connectivity index (χ4n) is 1.83. The molecule has 0 atom stereocenters. The average Bonchev–Trinajstić information content (AvgIpc) is 2.45. The Morgan fingerprint density at radius 3 is 2.60 bits per heavy atom. The zero-order valence-electron chi connectivity index (χ0n) is 10.6. The summed E-state index contributed by atoms with van der Waals surface area (Å²) in [6.07, 6.45) is 2.33. The van der Waals surface area contributed by atoms with Crippen LogP contribution in [0.1, 0.15) is 23.2 Å². The van der Waals surface area contributed by atoms with E-state index in [1.54, 1.807) is 12.1 Å². The summed E-state index contributed by atoms with van der Waals surface area (Å²) in [4.78, 5) is 36.8. The van der Waals surface area contributed by atoms with Crippen LogP contribution in [0.3, 0.4) is 0 Å². The third-order valence-electron chi connectivity index (χ3n) is 2.87. The molecule has 0 amide bonds. The Hall–Kier alpha value is -1.95. The first-order valence-corrected chi connectivity index (χ1v) is 6.95. The highest BCUT2D eigenvalue weighted by Gasteiger charge is 2.06. The monoisotopic (exact) mass is 336 g/mol. The van der Waals surface area contributed by atoms with Crippen LogP contribution in [0.25, 0.3) is 0 Å². The molecule has 1 aromatic carbocycles. The second kappa shape index (κ2) is 6.47. The molecular formula is C14H13BrN2O3. The van der Waals surface area contributed by atoms with E-state index in [2.05, 4.69) is 20.9 Å². The van der Waals surface area contributed by atoms with Crippen molar-refractivity contribution in [3.05, 3.63) is 67.4 Å². The Balaban J connectivity index is 1.97. The first-order valence-electron chi connectivity index (χ1n) is 6.15. The number of aromatic nitrogens is 2. The number of H-pyrrole nitrogens is 1. The van der Waals surface area contributed by atoms with E-state index in [1.807, 2.05) is 18.2 Å². The van der Waals surface area contributed by atoms with Crippen LogP contribution in [0, 0.1) is 0 Å². The summed E-state index contributed by atoms with van der Waals surface area (Å²) in [5.74, 6) is 0.0436. The molecule has 0 radical (unpaired) electrons. The molecule has 5 nitrogen and oxygen atoms in total. The van der Waals surface area contributed by atoms with Gasteiger partial charge in [-0.15, -0.1) is 0 Å². The number of ketones is 1. The van der Waals surface area contributed by atoms with Crippen molar-refractivity contribution in [2.75, 3.05) is 0 Å². The van der Waals surface area contributed by atoms with Gasteiger partial charge in [0.1, 0.15) is 0 Å². The minimum Gasteiger partial charge on any atom is -0.299 e. The van der Waals surface area contributed by atoms with Gasteiger partial charge in [0, 0.05) is 24.7 Å². The lowest BCUT2D eigenvalue weighted by molar-refractivity contribution is 0.0978. The first kappa shape index (κ1) is 14.5. The Morgan fingerprint density at radius 2 is 1.90 bits per heavy atom. The van der Waals surface area contributed by atoms with Gasteiger partial charge in [-0.25, -0.2) is 4.79 Å². The van der Waals surface area contributed by atoms with Crippen molar-refractivity contribution < 1.29 is 4.79 Å². The summed E-state index contributed by atoms with van der Waals surface area (Å²) in [6.45, 7) is 0.382. The Labute approximate surface area is 123 Å². The zero-order chi connectivity index (χ0) is 14.5. The third-order valence-corrected chi connectivity index (χ3v) is 3.43. The summed E-state index contributed by atoms with van der Waals surface area (Å²) in [5.41, 5.74) is -0.250. The van der Waals surface area contributed by atoms with Crippen LogP contribution in [-0.4, -0.2) is 15.3 Å². The molecule has 0 unspecified atom stereocenters. The van der Waals surface area contributed by atoms with Gasteiger partial charge in [0.2, 0.25) is 0 Å². The summed E-state index contributed by atoms with van der Waals surface area (Å²) < 4.78 is 1.68. The molecule has 20 heavy (non-hydrogen) atoms. The molecule has 0 aliphatic heterocycles. The Bertz CT molecular complexity index is 719. The highest BCUT2D eigenvalue weighted by molar-refractivity contribution is 9.10. The number of Topliss-reactive ketones (excluding diaryl/α,β-unsaturated/α-hetero) is 1. The first-order chi connectivity index (χ1) is 9.58. The van der Waals surface area contributed by atoms with Gasteiger partial charge in [-0.3, -0.25) is 19.1 Å². The van der Waals surface area contributed by atoms with Gasteiger partial charge in [-0.2, -0.15) is 0 Å².